The summed E-state index contributed by atoms with van der Waals surface area (Å²) in [5.41, 5.74) is 0. The second kappa shape index (κ2) is 6.84. The summed E-state index contributed by atoms with van der Waals surface area (Å²) in [7, 11) is 2.17. The van der Waals surface area contributed by atoms with E-state index >= 15 is 0 Å². The van der Waals surface area contributed by atoms with E-state index in [-0.39, 0.29) is 0 Å². The molecule has 0 aromatic heterocycles. The number of morpholine rings is 1. The summed E-state index contributed by atoms with van der Waals surface area (Å²) < 4.78 is 5.73. The first kappa shape index (κ1) is 12.7. The van der Waals surface area contributed by atoms with Crippen LogP contribution in [0.15, 0.2) is 0 Å². The summed E-state index contributed by atoms with van der Waals surface area (Å²) >= 11 is 2.14. The van der Waals surface area contributed by atoms with Gasteiger partial charge >= 0.3 is 0 Å². The summed E-state index contributed by atoms with van der Waals surface area (Å²) in [5, 5.41) is 4.42. The number of ether oxygens (including phenoxy) is 1. The Kier molecular flexibility index (Phi) is 5.42. The molecule has 0 amide bonds. The largest absolute Gasteiger partial charge is 0.374 e. The predicted octanol–water partition coefficient (Wildman–Crippen LogP) is 1.19. The second-order valence-electron chi connectivity index (χ2n) is 4.90. The van der Waals surface area contributed by atoms with Crippen LogP contribution >= 0.6 is 11.8 Å². The Hall–Kier alpha value is 0.230. The molecule has 0 bridgehead atoms. The van der Waals surface area contributed by atoms with E-state index in [1.54, 1.807) is 0 Å². The lowest BCUT2D eigenvalue weighted by atomic mass is 10.2. The Labute approximate surface area is 103 Å². The van der Waals surface area contributed by atoms with Crippen LogP contribution in [0.25, 0.3) is 0 Å². The number of hydrogen-bond acceptors (Lipinski definition) is 4. The van der Waals surface area contributed by atoms with E-state index in [2.05, 4.69) is 29.0 Å². The highest BCUT2D eigenvalue weighted by Crippen LogP contribution is 2.24. The minimum Gasteiger partial charge on any atom is -0.374 e. The van der Waals surface area contributed by atoms with Gasteiger partial charge in [0.2, 0.25) is 0 Å². The smallest absolute Gasteiger partial charge is 0.0826 e. The second-order valence-corrected chi connectivity index (χ2v) is 6.31. The van der Waals surface area contributed by atoms with Crippen LogP contribution in [0.2, 0.25) is 0 Å². The van der Waals surface area contributed by atoms with E-state index in [0.29, 0.717) is 6.10 Å². The van der Waals surface area contributed by atoms with Gasteiger partial charge in [0.15, 0.2) is 0 Å². The fourth-order valence-electron chi connectivity index (χ4n) is 2.36. The molecule has 4 heteroatoms. The molecular weight excluding hydrogens is 220 g/mol. The average molecular weight is 244 g/mol. The summed E-state index contributed by atoms with van der Waals surface area (Å²) in [4.78, 5) is 2.35. The van der Waals surface area contributed by atoms with E-state index < -0.39 is 0 Å². The van der Waals surface area contributed by atoms with E-state index in [1.807, 2.05) is 0 Å². The van der Waals surface area contributed by atoms with E-state index in [1.165, 1.54) is 25.0 Å². The third kappa shape index (κ3) is 4.24. The van der Waals surface area contributed by atoms with Gasteiger partial charge in [-0.1, -0.05) is 6.42 Å². The quantitative estimate of drug-likeness (QED) is 0.803. The van der Waals surface area contributed by atoms with E-state index in [9.17, 15) is 0 Å². The number of thioether (sulfide) groups is 1. The molecule has 2 atom stereocenters. The van der Waals surface area contributed by atoms with Crippen molar-refractivity contribution in [3.8, 4) is 0 Å². The van der Waals surface area contributed by atoms with E-state index in [0.717, 1.165) is 38.0 Å². The number of rotatable bonds is 4. The standard InChI is InChI=1S/C12H24N2OS/c1-14-5-6-15-11(10-14)8-13-9-12-4-2-3-7-16-12/h11-13H,2-10H2,1H3. The summed E-state index contributed by atoms with van der Waals surface area (Å²) in [5.74, 6) is 1.36. The number of likely N-dealkylation sites (N-methyl/N-ethyl adjacent to an activating group) is 1. The molecule has 0 radical (unpaired) electrons. The average Bonchev–Trinajstić information content (AvgIpc) is 2.30. The number of hydrogen-bond donors (Lipinski definition) is 1. The Bertz CT molecular complexity index is 197. The monoisotopic (exact) mass is 244 g/mol. The third-order valence-electron chi connectivity index (χ3n) is 3.36. The first-order valence-electron chi connectivity index (χ1n) is 6.47. The van der Waals surface area contributed by atoms with Crippen LogP contribution in [-0.2, 0) is 4.74 Å². The first-order chi connectivity index (χ1) is 7.84. The first-order valence-corrected chi connectivity index (χ1v) is 7.52. The van der Waals surface area contributed by atoms with Crippen molar-refractivity contribution in [1.82, 2.24) is 10.2 Å². The SMILES string of the molecule is CN1CCOC(CNCC2CCCCS2)C1. The molecule has 0 aromatic carbocycles. The molecule has 2 heterocycles. The molecule has 2 saturated heterocycles. The molecule has 1 N–H and O–H groups in total. The van der Waals surface area contributed by atoms with Crippen LogP contribution in [0.3, 0.4) is 0 Å². The molecule has 94 valence electrons. The van der Waals surface area contributed by atoms with Crippen molar-refractivity contribution in [3.63, 3.8) is 0 Å². The van der Waals surface area contributed by atoms with Crippen molar-refractivity contribution in [2.75, 3.05) is 45.6 Å². The molecule has 0 saturated carbocycles. The van der Waals surface area contributed by atoms with Gasteiger partial charge in [-0.2, -0.15) is 11.8 Å². The van der Waals surface area contributed by atoms with Gasteiger partial charge in [0.1, 0.15) is 0 Å². The summed E-state index contributed by atoms with van der Waals surface area (Å²) in [6, 6.07) is 0. The van der Waals surface area contributed by atoms with Crippen molar-refractivity contribution >= 4 is 11.8 Å². The van der Waals surface area contributed by atoms with Gasteiger partial charge in [-0.3, -0.25) is 0 Å². The maximum atomic E-state index is 5.73. The van der Waals surface area contributed by atoms with Crippen LogP contribution in [0, 0.1) is 0 Å². The van der Waals surface area contributed by atoms with Gasteiger partial charge in [0, 0.05) is 31.4 Å². The van der Waals surface area contributed by atoms with Crippen LogP contribution in [0.1, 0.15) is 19.3 Å². The number of nitrogens with zero attached hydrogens (tertiary/aromatic N) is 1. The fourth-order valence-corrected chi connectivity index (χ4v) is 3.64. The molecule has 2 fully saturated rings. The van der Waals surface area contributed by atoms with Crippen LogP contribution < -0.4 is 5.32 Å². The Morgan fingerprint density at radius 1 is 1.38 bits per heavy atom. The molecule has 3 nitrogen and oxygen atoms in total. The van der Waals surface area contributed by atoms with Crippen LogP contribution in [0.4, 0.5) is 0 Å². The minimum absolute atomic E-state index is 0.396. The molecule has 2 rings (SSSR count). The molecular formula is C12H24N2OS. The highest BCUT2D eigenvalue weighted by atomic mass is 32.2. The maximum absolute atomic E-state index is 5.73. The lowest BCUT2D eigenvalue weighted by Crippen LogP contribution is -2.45. The Morgan fingerprint density at radius 2 is 2.31 bits per heavy atom. The van der Waals surface area contributed by atoms with Gasteiger partial charge in [-0.05, 0) is 25.6 Å². The van der Waals surface area contributed by atoms with Gasteiger partial charge in [0.05, 0.1) is 12.7 Å². The molecule has 0 aliphatic carbocycles. The van der Waals surface area contributed by atoms with Crippen molar-refractivity contribution in [3.05, 3.63) is 0 Å². The lowest BCUT2D eigenvalue weighted by Gasteiger charge is -2.30. The molecule has 16 heavy (non-hydrogen) atoms. The van der Waals surface area contributed by atoms with Gasteiger partial charge in [0.25, 0.3) is 0 Å². The highest BCUT2D eigenvalue weighted by molar-refractivity contribution is 7.99. The van der Waals surface area contributed by atoms with E-state index in [4.69, 9.17) is 4.74 Å². The van der Waals surface area contributed by atoms with Gasteiger partial charge < -0.3 is 15.0 Å². The van der Waals surface area contributed by atoms with Crippen molar-refractivity contribution in [2.45, 2.75) is 30.6 Å². The zero-order valence-corrected chi connectivity index (χ0v) is 11.1. The fraction of sp³-hybridized carbons (Fsp3) is 1.00. The minimum atomic E-state index is 0.396. The van der Waals surface area contributed by atoms with Crippen molar-refractivity contribution in [2.24, 2.45) is 0 Å². The molecule has 2 unspecified atom stereocenters. The molecule has 0 aromatic rings. The van der Waals surface area contributed by atoms with Crippen LogP contribution in [-0.4, -0.2) is 61.8 Å². The lowest BCUT2D eigenvalue weighted by molar-refractivity contribution is -0.0179. The normalized spacial score (nSPS) is 32.8. The zero-order valence-electron chi connectivity index (χ0n) is 10.3. The maximum Gasteiger partial charge on any atom is 0.0826 e. The predicted molar refractivity (Wildman–Crippen MR) is 70.2 cm³/mol. The summed E-state index contributed by atoms with van der Waals surface area (Å²) in [6.45, 7) is 5.22. The number of nitrogens with one attached hydrogen (secondary N) is 1. The zero-order chi connectivity index (χ0) is 11.2. The van der Waals surface area contributed by atoms with Crippen LogP contribution in [0.5, 0.6) is 0 Å². The molecule has 2 aliphatic rings. The summed E-state index contributed by atoms with van der Waals surface area (Å²) in [6.07, 6.45) is 4.62. The Balaban J connectivity index is 1.56. The topological polar surface area (TPSA) is 24.5 Å². The Morgan fingerprint density at radius 3 is 3.06 bits per heavy atom. The molecule has 0 spiro atoms. The van der Waals surface area contributed by atoms with Crippen molar-refractivity contribution in [1.29, 1.82) is 0 Å². The van der Waals surface area contributed by atoms with Crippen molar-refractivity contribution < 1.29 is 4.74 Å². The molecule has 2 aliphatic heterocycles. The van der Waals surface area contributed by atoms with Gasteiger partial charge in [-0.15, -0.1) is 0 Å². The highest BCUT2D eigenvalue weighted by Gasteiger charge is 2.18. The third-order valence-corrected chi connectivity index (χ3v) is 4.76. The van der Waals surface area contributed by atoms with Gasteiger partial charge in [-0.25, -0.2) is 0 Å².